The highest BCUT2D eigenvalue weighted by Gasteiger charge is 2.52. The van der Waals surface area contributed by atoms with Crippen LogP contribution in [0.1, 0.15) is 35.8 Å². The summed E-state index contributed by atoms with van der Waals surface area (Å²) in [5.41, 5.74) is 5.00. The molecule has 4 aliphatic heterocycles. The van der Waals surface area contributed by atoms with Crippen LogP contribution in [0.15, 0.2) is 22.4 Å². The first-order valence-electron chi connectivity index (χ1n) is 13.0. The summed E-state index contributed by atoms with van der Waals surface area (Å²) in [6, 6.07) is 0. The number of thiol groups is 2. The molecule has 9 atom stereocenters. The number of rotatable bonds is 2. The maximum absolute atomic E-state index is 15.8. The smallest absolute Gasteiger partial charge is 0.369 e. The standard InChI is InChI=1S/C21H23FN8O10P2S2/c22-13-11-5-36-41(33,43)39-9-3-12(29-6-25-14-8(31)1-2-24-17(14)29)37-10(9)4-35-42(34,44)40-16(13)20(38-11)30-7-26-15-18(30)27-21(23)28-19(15)32/h2,6-7,9-13,16,20H,1,3-5H2,(H,33,43)(H,34,44)(H3,23,27,28,32)/t9-,10+,11+,12+,13+,16+,20+,41+,42+/m0/s1. The fraction of sp³-hybridized carbons (Fsp3) is 0.524. The molecule has 0 unspecified atom stereocenters. The number of anilines is 1. The minimum absolute atomic E-state index is 0.0471. The molecule has 3 aromatic rings. The van der Waals surface area contributed by atoms with Crippen LogP contribution in [0.5, 0.6) is 0 Å². The number of hydrogen-bond donors (Lipinski definition) is 4. The topological polar surface area (TPSA) is 226 Å². The number of alkyl halides is 1. The van der Waals surface area contributed by atoms with Crippen molar-refractivity contribution in [1.29, 1.82) is 0 Å². The third-order valence-corrected chi connectivity index (χ3v) is 10.6. The van der Waals surface area contributed by atoms with Crippen molar-refractivity contribution < 1.29 is 45.9 Å². The number of aromatic nitrogens is 6. The largest absolute Gasteiger partial charge is 0.386 e. The van der Waals surface area contributed by atoms with E-state index in [2.05, 4.69) is 49.4 Å². The minimum Gasteiger partial charge on any atom is -0.369 e. The second-order valence-corrected chi connectivity index (χ2v) is 15.9. The summed E-state index contributed by atoms with van der Waals surface area (Å²) in [7, 11) is 0. The molecule has 0 radical (unpaired) electrons. The van der Waals surface area contributed by atoms with Crippen LogP contribution >= 0.6 is 38.1 Å². The van der Waals surface area contributed by atoms with Crippen LogP contribution in [0, 0.1) is 0 Å². The Bertz CT molecular complexity index is 1840. The van der Waals surface area contributed by atoms with Crippen molar-refractivity contribution in [2.75, 3.05) is 18.9 Å². The van der Waals surface area contributed by atoms with Gasteiger partial charge in [-0.25, -0.2) is 28.5 Å². The molecule has 0 saturated carbocycles. The number of ketones is 1. The lowest BCUT2D eigenvalue weighted by Crippen LogP contribution is -2.32. The van der Waals surface area contributed by atoms with E-state index in [1.807, 2.05) is 0 Å². The molecule has 7 heterocycles. The summed E-state index contributed by atoms with van der Waals surface area (Å²) in [5.74, 6) is -0.186. The second-order valence-electron chi connectivity index (χ2n) is 10.2. The van der Waals surface area contributed by atoms with Crippen molar-refractivity contribution in [2.45, 2.75) is 55.9 Å². The predicted octanol–water partition coefficient (Wildman–Crippen LogP) is 2.30. The molecule has 2 bridgehead atoms. The number of hydrogen-bond acceptors (Lipinski definition) is 15. The summed E-state index contributed by atoms with van der Waals surface area (Å²) >= 11 is 8.11. The van der Waals surface area contributed by atoms with Gasteiger partial charge in [0.25, 0.3) is 5.56 Å². The molecule has 0 spiro atoms. The van der Waals surface area contributed by atoms with Crippen LogP contribution in [0.2, 0.25) is 0 Å². The third kappa shape index (κ3) is 5.48. The maximum atomic E-state index is 15.8. The summed E-state index contributed by atoms with van der Waals surface area (Å²) in [5, 5.41) is 0. The number of H-pyrrole nitrogens is 1. The van der Waals surface area contributed by atoms with Crippen molar-refractivity contribution in [1.82, 2.24) is 29.1 Å². The zero-order valence-electron chi connectivity index (χ0n) is 22.1. The number of fused-ring (bicyclic) bond motifs is 5. The van der Waals surface area contributed by atoms with Gasteiger partial charge in [-0.1, -0.05) is 24.5 Å². The molecule has 3 N–H and O–H groups in total. The highest BCUT2D eigenvalue weighted by Crippen LogP contribution is 2.60. The highest BCUT2D eigenvalue weighted by molar-refractivity contribution is 8.44. The number of nitrogens with zero attached hydrogens (tertiary/aromatic N) is 6. The molecule has 18 nitrogen and oxygen atoms in total. The summed E-state index contributed by atoms with van der Waals surface area (Å²) in [6.07, 6.45) is -5.27. The number of carbonyl (C=O) groups excluding carboxylic acids is 1. The molecule has 3 aromatic heterocycles. The lowest BCUT2D eigenvalue weighted by molar-refractivity contribution is -0.0562. The van der Waals surface area contributed by atoms with E-state index in [9.17, 15) is 18.7 Å². The molecular weight excluding hydrogens is 669 g/mol. The number of carbonyl (C=O) groups is 1. The highest BCUT2D eigenvalue weighted by atomic mass is 32.7. The lowest BCUT2D eigenvalue weighted by atomic mass is 10.1. The van der Waals surface area contributed by atoms with E-state index in [4.69, 9.17) is 33.3 Å². The average molecular weight is 693 g/mol. The van der Waals surface area contributed by atoms with E-state index >= 15 is 4.39 Å². The molecule has 0 aromatic carbocycles. The Morgan fingerprint density at radius 1 is 1.00 bits per heavy atom. The van der Waals surface area contributed by atoms with Gasteiger partial charge in [-0.15, -0.1) is 0 Å². The maximum Gasteiger partial charge on any atom is 0.386 e. The van der Waals surface area contributed by atoms with Gasteiger partial charge >= 0.3 is 13.6 Å². The normalized spacial score (nSPS) is 37.7. The number of halogens is 1. The summed E-state index contributed by atoms with van der Waals surface area (Å²) in [4.78, 5) is 43.2. The van der Waals surface area contributed by atoms with Crippen molar-refractivity contribution in [3.63, 3.8) is 0 Å². The molecule has 3 fully saturated rings. The Hall–Kier alpha value is -2.45. The van der Waals surface area contributed by atoms with Gasteiger partial charge in [0, 0.05) is 19.1 Å². The zero-order valence-corrected chi connectivity index (χ0v) is 25.7. The number of aliphatic imine (C=N–C) groups is 1. The SMILES string of the molecule is Nc1nc2c(ncn2[C@@H]2O[C@@H]3CO[P@@](=O)(S)O[C@H]4C[C@H](n5cnc6c5N=CCC6=O)O[C@@H]4CO[P@@](=O)(S)O[C@@H]2[C@@H]3F)c(=O)[nH]1. The fourth-order valence-corrected chi connectivity index (χ4v) is 8.32. The quantitative estimate of drug-likeness (QED) is 0.223. The third-order valence-electron chi connectivity index (χ3n) is 7.33. The van der Waals surface area contributed by atoms with Crippen LogP contribution in [0.3, 0.4) is 0 Å². The Morgan fingerprint density at radius 3 is 2.52 bits per heavy atom. The van der Waals surface area contributed by atoms with Gasteiger partial charge in [0.2, 0.25) is 5.95 Å². The number of nitrogens with one attached hydrogen (secondary N) is 1. The zero-order chi connectivity index (χ0) is 31.0. The van der Waals surface area contributed by atoms with Crippen molar-refractivity contribution >= 4 is 73.0 Å². The molecule has 3 saturated heterocycles. The van der Waals surface area contributed by atoms with E-state index in [1.54, 1.807) is 0 Å². The van der Waals surface area contributed by atoms with Crippen LogP contribution in [-0.4, -0.2) is 84.9 Å². The number of nitrogens with two attached hydrogens (primary N) is 1. The van der Waals surface area contributed by atoms with E-state index in [0.29, 0.717) is 0 Å². The Balaban J connectivity index is 1.18. The van der Waals surface area contributed by atoms with E-state index < -0.39 is 75.4 Å². The van der Waals surface area contributed by atoms with Crippen molar-refractivity contribution in [3.05, 3.63) is 28.7 Å². The summed E-state index contributed by atoms with van der Waals surface area (Å²) in [6.45, 7) is -9.68. The van der Waals surface area contributed by atoms with Crippen LogP contribution < -0.4 is 11.3 Å². The first-order chi connectivity index (χ1) is 20.9. The van der Waals surface area contributed by atoms with Crippen molar-refractivity contribution in [2.24, 2.45) is 4.99 Å². The van der Waals surface area contributed by atoms with E-state index in [-0.39, 0.29) is 47.2 Å². The number of aromatic amines is 1. The molecule has 23 heteroatoms. The second kappa shape index (κ2) is 11.1. The van der Waals surface area contributed by atoms with Gasteiger partial charge in [-0.05, 0) is 0 Å². The average Bonchev–Trinajstić information content (AvgIpc) is 3.72. The van der Waals surface area contributed by atoms with E-state index in [1.165, 1.54) is 21.7 Å². The van der Waals surface area contributed by atoms with Gasteiger partial charge in [0.1, 0.15) is 30.6 Å². The predicted molar refractivity (Wildman–Crippen MR) is 154 cm³/mol. The first-order valence-corrected chi connectivity index (χ1v) is 18.4. The molecular formula is C21H23FN8O10P2S2. The number of imidazole rings is 2. The van der Waals surface area contributed by atoms with Crippen LogP contribution in [0.25, 0.3) is 11.2 Å². The van der Waals surface area contributed by atoms with Crippen LogP contribution in [0.4, 0.5) is 16.2 Å². The summed E-state index contributed by atoms with van der Waals surface area (Å²) < 4.78 is 79.3. The van der Waals surface area contributed by atoms with Gasteiger partial charge in [-0.3, -0.25) is 41.8 Å². The fourth-order valence-electron chi connectivity index (χ4n) is 5.35. The van der Waals surface area contributed by atoms with Gasteiger partial charge in [-0.2, -0.15) is 4.98 Å². The molecule has 0 aliphatic carbocycles. The van der Waals surface area contributed by atoms with Gasteiger partial charge in [0.05, 0.1) is 25.9 Å². The Morgan fingerprint density at radius 2 is 1.73 bits per heavy atom. The van der Waals surface area contributed by atoms with Crippen molar-refractivity contribution in [3.8, 4) is 0 Å². The molecule has 44 heavy (non-hydrogen) atoms. The lowest BCUT2D eigenvalue weighted by Gasteiger charge is -2.26. The minimum atomic E-state index is -4.37. The van der Waals surface area contributed by atoms with Crippen LogP contribution in [-0.2, 0) is 36.7 Å². The first kappa shape index (κ1) is 30.2. The number of ether oxygens (including phenoxy) is 2. The van der Waals surface area contributed by atoms with Gasteiger partial charge < -0.3 is 15.2 Å². The monoisotopic (exact) mass is 692 g/mol. The number of Topliss-reactive ketones (excluding diaryl/α,β-unsaturated/α-hetero) is 1. The van der Waals surface area contributed by atoms with Gasteiger partial charge in [0.15, 0.2) is 40.9 Å². The number of nitrogen functional groups attached to an aromatic ring is 1. The Labute approximate surface area is 256 Å². The molecule has 0 amide bonds. The van der Waals surface area contributed by atoms with E-state index in [0.717, 1.165) is 6.33 Å². The Kier molecular flexibility index (Phi) is 7.63. The molecule has 7 rings (SSSR count). The molecule has 236 valence electrons. The molecule has 4 aliphatic rings.